The summed E-state index contributed by atoms with van der Waals surface area (Å²) < 4.78 is 0. The van der Waals surface area contributed by atoms with Crippen LogP contribution in [0.5, 0.6) is 0 Å². The summed E-state index contributed by atoms with van der Waals surface area (Å²) >= 11 is 0. The molecule has 1 aliphatic rings. The second kappa shape index (κ2) is 11.2. The minimum absolute atomic E-state index is 0.335. The zero-order valence-electron chi connectivity index (χ0n) is 14.3. The monoisotopic (exact) mass is 295 g/mol. The Kier molecular flexibility index (Phi) is 9.99. The Balaban J connectivity index is 1.93. The van der Waals surface area contributed by atoms with E-state index in [2.05, 4.69) is 6.92 Å². The lowest BCUT2D eigenvalue weighted by Gasteiger charge is -2.31. The first-order valence-electron chi connectivity index (χ1n) is 9.51. The van der Waals surface area contributed by atoms with E-state index in [0.717, 1.165) is 32.1 Å². The molecule has 0 saturated heterocycles. The van der Waals surface area contributed by atoms with Crippen LogP contribution in [-0.2, 0) is 4.79 Å². The van der Waals surface area contributed by atoms with Crippen LogP contribution in [0.15, 0.2) is 0 Å². The third-order valence-electron chi connectivity index (χ3n) is 5.06. The molecule has 1 rings (SSSR count). The van der Waals surface area contributed by atoms with Crippen molar-refractivity contribution in [2.75, 3.05) is 0 Å². The number of rotatable bonds is 12. The molecule has 0 aromatic heterocycles. The van der Waals surface area contributed by atoms with E-state index in [4.69, 9.17) is 5.73 Å². The van der Waals surface area contributed by atoms with E-state index in [1.807, 2.05) is 0 Å². The predicted molar refractivity (Wildman–Crippen MR) is 91.5 cm³/mol. The second-order valence-corrected chi connectivity index (χ2v) is 7.07. The van der Waals surface area contributed by atoms with Crippen molar-refractivity contribution in [2.45, 2.75) is 115 Å². The van der Waals surface area contributed by atoms with Crippen LogP contribution in [-0.4, -0.2) is 11.3 Å². The van der Waals surface area contributed by atoms with E-state index in [-0.39, 0.29) is 0 Å². The molecular weight excluding hydrogens is 258 g/mol. The number of carbonyl (C=O) groups excluding carboxylic acids is 1. The summed E-state index contributed by atoms with van der Waals surface area (Å²) in [7, 11) is 0. The van der Waals surface area contributed by atoms with Gasteiger partial charge >= 0.3 is 0 Å². The van der Waals surface area contributed by atoms with E-state index in [1.165, 1.54) is 64.2 Å². The van der Waals surface area contributed by atoms with Gasteiger partial charge < -0.3 is 5.73 Å². The maximum absolute atomic E-state index is 12.2. The fourth-order valence-electron chi connectivity index (χ4n) is 3.48. The number of carbonyl (C=O) groups is 1. The SMILES string of the molecule is CCCCCCCCCCCCC(=O)C1(N)CCCCC1. The van der Waals surface area contributed by atoms with Crippen molar-refractivity contribution in [3.63, 3.8) is 0 Å². The summed E-state index contributed by atoms with van der Waals surface area (Å²) in [6.07, 6.45) is 19.3. The number of nitrogens with two attached hydrogens (primary N) is 1. The van der Waals surface area contributed by atoms with Gasteiger partial charge in [0.2, 0.25) is 0 Å². The highest BCUT2D eigenvalue weighted by atomic mass is 16.1. The standard InChI is InChI=1S/C19H37NO/c1-2-3-4-5-6-7-8-9-10-12-15-18(21)19(20)16-13-11-14-17-19/h2-17,20H2,1H3. The van der Waals surface area contributed by atoms with Gasteiger partial charge in [0.25, 0.3) is 0 Å². The Morgan fingerprint density at radius 2 is 1.29 bits per heavy atom. The highest BCUT2D eigenvalue weighted by molar-refractivity contribution is 5.88. The highest BCUT2D eigenvalue weighted by Gasteiger charge is 2.33. The Hall–Kier alpha value is -0.370. The number of unbranched alkanes of at least 4 members (excludes halogenated alkanes) is 9. The molecule has 1 fully saturated rings. The van der Waals surface area contributed by atoms with Gasteiger partial charge in [-0.1, -0.05) is 84.0 Å². The highest BCUT2D eigenvalue weighted by Crippen LogP contribution is 2.28. The molecule has 2 nitrogen and oxygen atoms in total. The molecule has 0 aromatic rings. The molecule has 0 aliphatic heterocycles. The van der Waals surface area contributed by atoms with Crippen molar-refractivity contribution in [1.29, 1.82) is 0 Å². The molecule has 0 spiro atoms. The smallest absolute Gasteiger partial charge is 0.152 e. The largest absolute Gasteiger partial charge is 0.319 e. The Labute approximate surface area is 132 Å². The molecule has 0 atom stereocenters. The van der Waals surface area contributed by atoms with Crippen LogP contribution in [0.3, 0.4) is 0 Å². The predicted octanol–water partition coefficient (Wildman–Crippen LogP) is 5.53. The van der Waals surface area contributed by atoms with Crippen molar-refractivity contribution in [3.8, 4) is 0 Å². The summed E-state index contributed by atoms with van der Waals surface area (Å²) in [6, 6.07) is 0. The van der Waals surface area contributed by atoms with Crippen molar-refractivity contribution >= 4 is 5.78 Å². The van der Waals surface area contributed by atoms with Crippen LogP contribution in [0.4, 0.5) is 0 Å². The molecule has 21 heavy (non-hydrogen) atoms. The summed E-state index contributed by atoms with van der Waals surface area (Å²) in [5.41, 5.74) is 5.81. The molecule has 0 heterocycles. The summed E-state index contributed by atoms with van der Waals surface area (Å²) in [4.78, 5) is 12.2. The van der Waals surface area contributed by atoms with Gasteiger partial charge in [-0.2, -0.15) is 0 Å². The van der Waals surface area contributed by atoms with Gasteiger partial charge in [-0.3, -0.25) is 4.79 Å². The van der Waals surface area contributed by atoms with Gasteiger partial charge in [-0.05, 0) is 19.3 Å². The lowest BCUT2D eigenvalue weighted by atomic mass is 9.78. The van der Waals surface area contributed by atoms with Crippen molar-refractivity contribution in [3.05, 3.63) is 0 Å². The molecule has 1 aliphatic carbocycles. The Morgan fingerprint density at radius 3 is 1.81 bits per heavy atom. The summed E-state index contributed by atoms with van der Waals surface area (Å²) in [5.74, 6) is 0.335. The zero-order valence-corrected chi connectivity index (χ0v) is 14.3. The number of hydrogen-bond acceptors (Lipinski definition) is 2. The molecule has 2 N–H and O–H groups in total. The molecule has 2 heteroatoms. The van der Waals surface area contributed by atoms with E-state index in [1.54, 1.807) is 0 Å². The number of hydrogen-bond donors (Lipinski definition) is 1. The van der Waals surface area contributed by atoms with Gasteiger partial charge in [-0.25, -0.2) is 0 Å². The van der Waals surface area contributed by atoms with Gasteiger partial charge in [0.1, 0.15) is 0 Å². The lowest BCUT2D eigenvalue weighted by molar-refractivity contribution is -0.125. The maximum atomic E-state index is 12.2. The average molecular weight is 296 g/mol. The third kappa shape index (κ3) is 7.99. The minimum atomic E-state index is -0.461. The van der Waals surface area contributed by atoms with Gasteiger partial charge in [0.15, 0.2) is 5.78 Å². The van der Waals surface area contributed by atoms with E-state index in [0.29, 0.717) is 12.2 Å². The quantitative estimate of drug-likeness (QED) is 0.481. The van der Waals surface area contributed by atoms with Crippen LogP contribution < -0.4 is 5.73 Å². The molecule has 1 saturated carbocycles. The van der Waals surface area contributed by atoms with Crippen LogP contribution >= 0.6 is 0 Å². The topological polar surface area (TPSA) is 43.1 Å². The van der Waals surface area contributed by atoms with E-state index >= 15 is 0 Å². The van der Waals surface area contributed by atoms with Gasteiger partial charge in [0.05, 0.1) is 5.54 Å². The molecule has 0 aromatic carbocycles. The molecular formula is C19H37NO. The number of ketones is 1. The Morgan fingerprint density at radius 1 is 0.810 bits per heavy atom. The average Bonchev–Trinajstić information content (AvgIpc) is 2.49. The summed E-state index contributed by atoms with van der Waals surface area (Å²) in [6.45, 7) is 2.26. The van der Waals surface area contributed by atoms with E-state index in [9.17, 15) is 4.79 Å². The molecule has 0 unspecified atom stereocenters. The zero-order chi connectivity index (χ0) is 15.4. The molecule has 0 radical (unpaired) electrons. The van der Waals surface area contributed by atoms with Gasteiger partial charge in [-0.15, -0.1) is 0 Å². The van der Waals surface area contributed by atoms with Crippen molar-refractivity contribution < 1.29 is 4.79 Å². The fourth-order valence-corrected chi connectivity index (χ4v) is 3.48. The molecule has 0 amide bonds. The first-order chi connectivity index (χ1) is 10.2. The van der Waals surface area contributed by atoms with Crippen LogP contribution in [0.1, 0.15) is 110 Å². The number of Topliss-reactive ketones (excluding diaryl/α,β-unsaturated/α-hetero) is 1. The molecule has 0 bridgehead atoms. The van der Waals surface area contributed by atoms with Gasteiger partial charge in [0, 0.05) is 6.42 Å². The molecule has 124 valence electrons. The van der Waals surface area contributed by atoms with E-state index < -0.39 is 5.54 Å². The second-order valence-electron chi connectivity index (χ2n) is 7.07. The Bertz CT molecular complexity index is 269. The minimum Gasteiger partial charge on any atom is -0.319 e. The lowest BCUT2D eigenvalue weighted by Crippen LogP contribution is -2.49. The maximum Gasteiger partial charge on any atom is 0.152 e. The van der Waals surface area contributed by atoms with Crippen molar-refractivity contribution in [2.24, 2.45) is 5.73 Å². The van der Waals surface area contributed by atoms with Crippen LogP contribution in [0, 0.1) is 0 Å². The van der Waals surface area contributed by atoms with Crippen molar-refractivity contribution in [1.82, 2.24) is 0 Å². The van der Waals surface area contributed by atoms with Crippen LogP contribution in [0.25, 0.3) is 0 Å². The normalized spacial score (nSPS) is 17.8. The summed E-state index contributed by atoms with van der Waals surface area (Å²) in [5, 5.41) is 0. The van der Waals surface area contributed by atoms with Crippen LogP contribution in [0.2, 0.25) is 0 Å². The third-order valence-corrected chi connectivity index (χ3v) is 5.06. The first-order valence-corrected chi connectivity index (χ1v) is 9.51. The fraction of sp³-hybridized carbons (Fsp3) is 0.947. The first kappa shape index (κ1) is 18.7.